The van der Waals surface area contributed by atoms with Gasteiger partial charge in [0.15, 0.2) is 0 Å². The molecule has 1 unspecified atom stereocenters. The van der Waals surface area contributed by atoms with Gasteiger partial charge in [-0.05, 0) is 66.3 Å². The van der Waals surface area contributed by atoms with Gasteiger partial charge in [0.05, 0.1) is 52.9 Å². The molecule has 0 bridgehead atoms. The molecule has 8 rings (SSSR count). The summed E-state index contributed by atoms with van der Waals surface area (Å²) in [5.41, 5.74) is 9.63. The smallest absolute Gasteiger partial charge is 0.246 e. The van der Waals surface area contributed by atoms with E-state index >= 15 is 0 Å². The van der Waals surface area contributed by atoms with E-state index in [0.717, 1.165) is 73.8 Å². The normalized spacial score (nSPS) is 18.3. The zero-order valence-corrected chi connectivity index (χ0v) is 36.0. The van der Waals surface area contributed by atoms with Crippen LogP contribution in [0.1, 0.15) is 51.4 Å². The van der Waals surface area contributed by atoms with Crippen LogP contribution in [-0.4, -0.2) is 105 Å². The van der Waals surface area contributed by atoms with Crippen molar-refractivity contribution in [3.8, 4) is 32.8 Å². The van der Waals surface area contributed by atoms with Crippen LogP contribution in [0.15, 0.2) is 101 Å². The lowest BCUT2D eigenvalue weighted by molar-refractivity contribution is -0.144. The molecule has 2 aliphatic heterocycles. The fourth-order valence-electron chi connectivity index (χ4n) is 8.30. The number of thiazole rings is 1. The van der Waals surface area contributed by atoms with Crippen molar-refractivity contribution < 1.29 is 23.9 Å². The average molecular weight is 841 g/mol. The van der Waals surface area contributed by atoms with E-state index in [-0.39, 0.29) is 43.3 Å². The Morgan fingerprint density at radius 2 is 1.67 bits per heavy atom. The van der Waals surface area contributed by atoms with Crippen molar-refractivity contribution in [3.63, 3.8) is 0 Å². The van der Waals surface area contributed by atoms with Gasteiger partial charge in [-0.2, -0.15) is 10.2 Å². The summed E-state index contributed by atoms with van der Waals surface area (Å²) in [5.74, 6) is -0.976. The number of β-amino-alcohol motifs (C(OH)–C–C–N with tert-alkyl or cyclic N) is 1. The summed E-state index contributed by atoms with van der Waals surface area (Å²) in [6, 6.07) is 24.2. The summed E-state index contributed by atoms with van der Waals surface area (Å²) < 4.78 is 5.73. The average Bonchev–Trinajstić information content (AvgIpc) is 4.02. The number of piperazine rings is 1. The Labute approximate surface area is 359 Å². The number of likely N-dealkylation sites (tertiary alicyclic amines) is 1. The van der Waals surface area contributed by atoms with Gasteiger partial charge in [0.25, 0.3) is 0 Å². The molecule has 0 radical (unpaired) electrons. The lowest BCUT2D eigenvalue weighted by Crippen LogP contribution is -2.59. The third kappa shape index (κ3) is 9.21. The molecule has 2 aliphatic rings. The minimum absolute atomic E-state index is 0.0166. The van der Waals surface area contributed by atoms with Crippen LogP contribution in [0.3, 0.4) is 0 Å². The van der Waals surface area contributed by atoms with Crippen molar-refractivity contribution >= 4 is 45.7 Å². The molecule has 2 saturated heterocycles. The number of hydrogen-bond acceptors (Lipinski definition) is 11. The van der Waals surface area contributed by atoms with Crippen LogP contribution in [0.2, 0.25) is 0 Å². The first-order chi connectivity index (χ1) is 29.3. The quantitative estimate of drug-likeness (QED) is 0.132. The molecular formula is C47H52N8O5S. The Hall–Kier alpha value is -5.96. The SMILES string of the molecule is Cc1ncsc1-c1ccc([C@H](C)NC(=O)[C@@H]2C[C@@H](O)CN2C(=O)C(NC(=O)CN2CCN(c3ccc(-c4cnnc(-c5cccc6ccoc56)c4)cc3)CC2)C(C)(C)C)cc1. The number of aromatic nitrogens is 3. The summed E-state index contributed by atoms with van der Waals surface area (Å²) in [5, 5.41) is 26.5. The molecule has 2 fully saturated rings. The van der Waals surface area contributed by atoms with E-state index in [4.69, 9.17) is 4.42 Å². The number of hydrogen-bond donors (Lipinski definition) is 3. The van der Waals surface area contributed by atoms with Crippen molar-refractivity contribution in [3.05, 3.63) is 108 Å². The molecule has 316 valence electrons. The van der Waals surface area contributed by atoms with Gasteiger partial charge < -0.3 is 30.0 Å². The third-order valence-electron chi connectivity index (χ3n) is 11.8. The largest absolute Gasteiger partial charge is 0.464 e. The highest BCUT2D eigenvalue weighted by atomic mass is 32.1. The highest BCUT2D eigenvalue weighted by molar-refractivity contribution is 7.13. The highest BCUT2D eigenvalue weighted by Crippen LogP contribution is 2.32. The zero-order valence-electron chi connectivity index (χ0n) is 35.2. The number of aliphatic hydroxyl groups is 1. The first kappa shape index (κ1) is 41.8. The van der Waals surface area contributed by atoms with Crippen molar-refractivity contribution in [1.82, 2.24) is 35.6 Å². The van der Waals surface area contributed by atoms with E-state index in [2.05, 4.69) is 59.9 Å². The minimum atomic E-state index is -0.897. The summed E-state index contributed by atoms with van der Waals surface area (Å²) in [7, 11) is 0. The first-order valence-electron chi connectivity index (χ1n) is 20.8. The van der Waals surface area contributed by atoms with Gasteiger partial charge in [0.1, 0.15) is 17.7 Å². The summed E-state index contributed by atoms with van der Waals surface area (Å²) in [6.07, 6.45) is 2.72. The molecule has 0 saturated carbocycles. The molecule has 3 amide bonds. The van der Waals surface area contributed by atoms with E-state index in [1.54, 1.807) is 23.8 Å². The van der Waals surface area contributed by atoms with Crippen LogP contribution in [-0.2, 0) is 14.4 Å². The lowest BCUT2D eigenvalue weighted by atomic mass is 9.85. The maximum Gasteiger partial charge on any atom is 0.246 e. The summed E-state index contributed by atoms with van der Waals surface area (Å²) in [6.45, 7) is 12.5. The van der Waals surface area contributed by atoms with Gasteiger partial charge in [-0.15, -0.1) is 11.3 Å². The fourth-order valence-corrected chi connectivity index (χ4v) is 9.12. The minimum Gasteiger partial charge on any atom is -0.464 e. The van der Waals surface area contributed by atoms with Gasteiger partial charge >= 0.3 is 0 Å². The van der Waals surface area contributed by atoms with Crippen LogP contribution in [0.4, 0.5) is 5.69 Å². The number of carbonyl (C=O) groups is 3. The molecule has 5 heterocycles. The number of nitrogens with zero attached hydrogens (tertiary/aromatic N) is 6. The molecule has 14 heteroatoms. The Kier molecular flexibility index (Phi) is 12.0. The number of rotatable bonds is 11. The molecule has 3 aromatic heterocycles. The Bertz CT molecular complexity index is 2500. The molecule has 3 N–H and O–H groups in total. The number of aliphatic hydroxyl groups excluding tert-OH is 1. The van der Waals surface area contributed by atoms with Crippen molar-refractivity contribution in [2.24, 2.45) is 5.41 Å². The second kappa shape index (κ2) is 17.6. The van der Waals surface area contributed by atoms with E-state index in [1.165, 1.54) is 4.90 Å². The van der Waals surface area contributed by atoms with E-state index in [9.17, 15) is 19.5 Å². The van der Waals surface area contributed by atoms with Gasteiger partial charge in [-0.1, -0.05) is 69.3 Å². The number of para-hydroxylation sites is 1. The van der Waals surface area contributed by atoms with Crippen LogP contribution in [0.5, 0.6) is 0 Å². The molecule has 0 aliphatic carbocycles. The number of amides is 3. The van der Waals surface area contributed by atoms with Crippen LogP contribution >= 0.6 is 11.3 Å². The topological polar surface area (TPSA) is 157 Å². The van der Waals surface area contributed by atoms with Gasteiger partial charge in [-0.3, -0.25) is 19.3 Å². The summed E-state index contributed by atoms with van der Waals surface area (Å²) >= 11 is 1.59. The second-order valence-corrected chi connectivity index (χ2v) is 18.0. The van der Waals surface area contributed by atoms with Gasteiger partial charge in [-0.25, -0.2) is 4.98 Å². The Morgan fingerprint density at radius 1 is 0.934 bits per heavy atom. The summed E-state index contributed by atoms with van der Waals surface area (Å²) in [4.78, 5) is 52.8. The van der Waals surface area contributed by atoms with Crippen molar-refractivity contribution in [1.29, 1.82) is 0 Å². The van der Waals surface area contributed by atoms with Crippen LogP contribution in [0.25, 0.3) is 43.8 Å². The van der Waals surface area contributed by atoms with Crippen molar-refractivity contribution in [2.75, 3.05) is 44.2 Å². The Balaban J connectivity index is 0.848. The molecule has 61 heavy (non-hydrogen) atoms. The molecular weight excluding hydrogens is 789 g/mol. The number of benzene rings is 3. The van der Waals surface area contributed by atoms with E-state index in [1.807, 2.05) is 94.7 Å². The molecule has 13 nitrogen and oxygen atoms in total. The second-order valence-electron chi connectivity index (χ2n) is 17.2. The van der Waals surface area contributed by atoms with Gasteiger partial charge in [0, 0.05) is 61.3 Å². The highest BCUT2D eigenvalue weighted by Gasteiger charge is 2.45. The number of anilines is 1. The maximum absolute atomic E-state index is 14.2. The first-order valence-corrected chi connectivity index (χ1v) is 21.7. The van der Waals surface area contributed by atoms with E-state index < -0.39 is 23.6 Å². The lowest BCUT2D eigenvalue weighted by Gasteiger charge is -2.37. The zero-order chi connectivity index (χ0) is 42.8. The standard InChI is InChI=1S/C47H52N8O5S/c1-29(31-9-11-34(12-10-31)43-30(2)48-28-61-43)50-45(58)40-24-37(56)26-55(40)46(59)44(47(3,4)5)51-41(57)27-53-18-20-54(21-19-53)36-15-13-32(14-16-36)35-23-39(52-49-25-35)38-8-6-7-33-17-22-60-42(33)38/h6-17,22-23,25,28-29,37,40,44,56H,18-21,24,26-27H2,1-5H3,(H,50,58)(H,51,57)/t29-,37+,40-,44?/m0/s1. The van der Waals surface area contributed by atoms with E-state index in [0.29, 0.717) is 13.1 Å². The fraction of sp³-hybridized carbons (Fsp3) is 0.362. The number of furan rings is 1. The number of aryl methyl sites for hydroxylation is 1. The molecule has 6 aromatic rings. The number of fused-ring (bicyclic) bond motifs is 1. The predicted octanol–water partition coefficient (Wildman–Crippen LogP) is 6.48. The molecule has 0 spiro atoms. The van der Waals surface area contributed by atoms with Crippen LogP contribution < -0.4 is 15.5 Å². The van der Waals surface area contributed by atoms with Crippen LogP contribution in [0, 0.1) is 12.3 Å². The van der Waals surface area contributed by atoms with Gasteiger partial charge in [0.2, 0.25) is 17.7 Å². The Morgan fingerprint density at radius 3 is 2.38 bits per heavy atom. The predicted molar refractivity (Wildman–Crippen MR) is 238 cm³/mol. The number of nitrogens with one attached hydrogen (secondary N) is 2. The maximum atomic E-state index is 14.2. The number of carbonyl (C=O) groups excluding carboxylic acids is 3. The molecule has 4 atom stereocenters. The third-order valence-corrected chi connectivity index (χ3v) is 12.8. The van der Waals surface area contributed by atoms with Crippen molar-refractivity contribution in [2.45, 2.75) is 65.3 Å². The molecule has 3 aromatic carbocycles. The monoisotopic (exact) mass is 840 g/mol.